The Hall–Kier alpha value is -3.42. The number of fused-ring (bicyclic) bond motifs is 1. The molecule has 2 amide bonds. The first-order chi connectivity index (χ1) is 12.9. The Morgan fingerprint density at radius 1 is 1.07 bits per heavy atom. The van der Waals surface area contributed by atoms with Crippen LogP contribution in [0.15, 0.2) is 45.6 Å². The molecule has 0 unspecified atom stereocenters. The Kier molecular flexibility index (Phi) is 5.07. The van der Waals surface area contributed by atoms with Gasteiger partial charge in [0.15, 0.2) is 11.5 Å². The number of aryl methyl sites for hydroxylation is 1. The molecule has 8 heteroatoms. The van der Waals surface area contributed by atoms with Crippen molar-refractivity contribution in [3.8, 4) is 0 Å². The van der Waals surface area contributed by atoms with Crippen molar-refractivity contribution >= 4 is 22.6 Å². The summed E-state index contributed by atoms with van der Waals surface area (Å²) in [7, 11) is 0. The van der Waals surface area contributed by atoms with Crippen LogP contribution >= 0.6 is 0 Å². The number of furan rings is 1. The molecule has 140 valence electrons. The van der Waals surface area contributed by atoms with Crippen molar-refractivity contribution in [1.29, 1.82) is 0 Å². The number of aromatic nitrogens is 2. The predicted molar refractivity (Wildman–Crippen MR) is 99.4 cm³/mol. The molecule has 8 nitrogen and oxygen atoms in total. The van der Waals surface area contributed by atoms with Crippen LogP contribution in [-0.4, -0.2) is 21.6 Å². The fraction of sp³-hybridized carbons (Fsp3) is 0.263. The highest BCUT2D eigenvalue weighted by Gasteiger charge is 2.19. The van der Waals surface area contributed by atoms with Crippen LogP contribution in [0.1, 0.15) is 53.6 Å². The molecule has 27 heavy (non-hydrogen) atoms. The minimum atomic E-state index is -0.628. The van der Waals surface area contributed by atoms with Crippen LogP contribution in [0.3, 0.4) is 0 Å². The van der Waals surface area contributed by atoms with Gasteiger partial charge in [0.05, 0.1) is 11.4 Å². The van der Waals surface area contributed by atoms with Crippen LogP contribution in [0.2, 0.25) is 0 Å². The molecule has 0 spiro atoms. The maximum absolute atomic E-state index is 12.6. The van der Waals surface area contributed by atoms with Gasteiger partial charge in [-0.2, -0.15) is 5.10 Å². The summed E-state index contributed by atoms with van der Waals surface area (Å²) in [5.74, 6) is -0.443. The van der Waals surface area contributed by atoms with Gasteiger partial charge >= 0.3 is 5.91 Å². The molecule has 0 saturated heterocycles. The van der Waals surface area contributed by atoms with Crippen LogP contribution in [0.5, 0.6) is 0 Å². The minimum Gasteiger partial charge on any atom is -0.456 e. The lowest BCUT2D eigenvalue weighted by Crippen LogP contribution is -2.42. The molecule has 0 aliphatic heterocycles. The van der Waals surface area contributed by atoms with Crippen molar-refractivity contribution < 1.29 is 14.0 Å². The first-order valence-corrected chi connectivity index (χ1v) is 8.63. The Bertz CT molecular complexity index is 1070. The second-order valence-corrected chi connectivity index (χ2v) is 6.27. The lowest BCUT2D eigenvalue weighted by Gasteiger charge is -2.13. The third-order valence-electron chi connectivity index (χ3n) is 4.06. The van der Waals surface area contributed by atoms with E-state index in [1.54, 1.807) is 44.2 Å². The monoisotopic (exact) mass is 368 g/mol. The van der Waals surface area contributed by atoms with Crippen molar-refractivity contribution in [2.45, 2.75) is 33.2 Å². The average molecular weight is 368 g/mol. The SMILES string of the molecule is CCc1ccc(C(=O)NNC(=O)c2nn(C(C)C)c(=O)c3ccccc23)o1. The summed E-state index contributed by atoms with van der Waals surface area (Å²) in [6.45, 7) is 5.51. The van der Waals surface area contributed by atoms with Gasteiger partial charge in [0.1, 0.15) is 5.76 Å². The molecular formula is C19H20N4O4. The molecule has 0 atom stereocenters. The summed E-state index contributed by atoms with van der Waals surface area (Å²) >= 11 is 0. The van der Waals surface area contributed by atoms with E-state index >= 15 is 0 Å². The van der Waals surface area contributed by atoms with Crippen molar-refractivity contribution in [2.24, 2.45) is 0 Å². The zero-order valence-corrected chi connectivity index (χ0v) is 15.3. The van der Waals surface area contributed by atoms with Gasteiger partial charge in [0, 0.05) is 11.8 Å². The second-order valence-electron chi connectivity index (χ2n) is 6.27. The Morgan fingerprint density at radius 3 is 2.37 bits per heavy atom. The molecule has 3 aromatic rings. The molecule has 1 aromatic carbocycles. The zero-order chi connectivity index (χ0) is 19.6. The molecule has 0 aliphatic rings. The maximum atomic E-state index is 12.6. The van der Waals surface area contributed by atoms with E-state index < -0.39 is 11.8 Å². The summed E-state index contributed by atoms with van der Waals surface area (Å²) in [6, 6.07) is 9.73. The maximum Gasteiger partial charge on any atom is 0.305 e. The van der Waals surface area contributed by atoms with Crippen molar-refractivity contribution in [1.82, 2.24) is 20.6 Å². The van der Waals surface area contributed by atoms with Crippen molar-refractivity contribution in [2.75, 3.05) is 0 Å². The van der Waals surface area contributed by atoms with Gasteiger partial charge in [-0.3, -0.25) is 25.2 Å². The normalized spacial score (nSPS) is 11.0. The van der Waals surface area contributed by atoms with Crippen LogP contribution in [0, 0.1) is 0 Å². The first-order valence-electron chi connectivity index (χ1n) is 8.63. The van der Waals surface area contributed by atoms with Crippen molar-refractivity contribution in [3.05, 3.63) is 64.0 Å². The number of carbonyl (C=O) groups is 2. The summed E-state index contributed by atoms with van der Waals surface area (Å²) in [6.07, 6.45) is 0.659. The van der Waals surface area contributed by atoms with Gasteiger partial charge in [-0.25, -0.2) is 4.68 Å². The molecule has 0 fully saturated rings. The van der Waals surface area contributed by atoms with Crippen LogP contribution < -0.4 is 16.4 Å². The van der Waals surface area contributed by atoms with Crippen LogP contribution in [-0.2, 0) is 6.42 Å². The summed E-state index contributed by atoms with van der Waals surface area (Å²) in [5.41, 5.74) is 4.40. The number of hydrazine groups is 1. The number of carbonyl (C=O) groups excluding carboxylic acids is 2. The van der Waals surface area contributed by atoms with Gasteiger partial charge in [-0.05, 0) is 32.0 Å². The molecule has 0 saturated carbocycles. The second kappa shape index (κ2) is 7.45. The Morgan fingerprint density at radius 2 is 1.74 bits per heavy atom. The van der Waals surface area contributed by atoms with Crippen LogP contribution in [0.25, 0.3) is 10.8 Å². The summed E-state index contributed by atoms with van der Waals surface area (Å²) in [4.78, 5) is 37.2. The molecule has 2 aromatic heterocycles. The number of hydrogen-bond acceptors (Lipinski definition) is 5. The first kappa shape index (κ1) is 18.4. The number of amides is 2. The molecule has 2 N–H and O–H groups in total. The quantitative estimate of drug-likeness (QED) is 0.687. The van der Waals surface area contributed by atoms with E-state index in [9.17, 15) is 14.4 Å². The van der Waals surface area contributed by atoms with Gasteiger partial charge in [-0.15, -0.1) is 0 Å². The van der Waals surface area contributed by atoms with E-state index in [1.165, 1.54) is 10.7 Å². The Labute approximate surface area is 155 Å². The topological polar surface area (TPSA) is 106 Å². The van der Waals surface area contributed by atoms with Gasteiger partial charge in [0.25, 0.3) is 11.5 Å². The van der Waals surface area contributed by atoms with Gasteiger partial charge < -0.3 is 4.42 Å². The predicted octanol–water partition coefficient (Wildman–Crippen LogP) is 2.21. The lowest BCUT2D eigenvalue weighted by atomic mass is 10.1. The zero-order valence-electron chi connectivity index (χ0n) is 15.3. The Balaban J connectivity index is 1.88. The number of rotatable bonds is 4. The highest BCUT2D eigenvalue weighted by Crippen LogP contribution is 2.14. The fourth-order valence-corrected chi connectivity index (χ4v) is 2.65. The van der Waals surface area contributed by atoms with Crippen LogP contribution in [0.4, 0.5) is 0 Å². The summed E-state index contributed by atoms with van der Waals surface area (Å²) in [5, 5.41) is 4.99. The van der Waals surface area contributed by atoms with E-state index in [4.69, 9.17) is 4.42 Å². The van der Waals surface area contributed by atoms with E-state index in [0.29, 0.717) is 23.0 Å². The lowest BCUT2D eigenvalue weighted by molar-refractivity contribution is 0.0827. The number of benzene rings is 1. The standard InChI is InChI=1S/C19H20N4O4/c1-4-12-9-10-15(27-12)17(24)20-21-18(25)16-13-7-5-6-8-14(13)19(26)23(22-16)11(2)3/h5-11H,4H2,1-3H3,(H,20,24)(H,21,25). The molecular weight excluding hydrogens is 348 g/mol. The third-order valence-corrected chi connectivity index (χ3v) is 4.06. The van der Waals surface area contributed by atoms with Gasteiger partial charge in [-0.1, -0.05) is 25.1 Å². The summed E-state index contributed by atoms with van der Waals surface area (Å²) < 4.78 is 6.59. The van der Waals surface area contributed by atoms with Crippen molar-refractivity contribution in [3.63, 3.8) is 0 Å². The number of nitrogens with zero attached hydrogens (tertiary/aromatic N) is 2. The van der Waals surface area contributed by atoms with E-state index in [1.807, 2.05) is 6.92 Å². The largest absolute Gasteiger partial charge is 0.456 e. The fourth-order valence-electron chi connectivity index (χ4n) is 2.65. The third kappa shape index (κ3) is 3.59. The number of nitrogens with one attached hydrogen (secondary N) is 2. The minimum absolute atomic E-state index is 0.0490. The van der Waals surface area contributed by atoms with E-state index in [2.05, 4.69) is 16.0 Å². The van der Waals surface area contributed by atoms with E-state index in [0.717, 1.165) is 0 Å². The molecule has 3 rings (SSSR count). The molecule has 0 bridgehead atoms. The van der Waals surface area contributed by atoms with E-state index in [-0.39, 0.29) is 23.1 Å². The molecule has 0 aliphatic carbocycles. The molecule has 2 heterocycles. The molecule has 0 radical (unpaired) electrons. The highest BCUT2D eigenvalue weighted by molar-refractivity contribution is 6.05. The van der Waals surface area contributed by atoms with Gasteiger partial charge in [0.2, 0.25) is 0 Å². The highest BCUT2D eigenvalue weighted by atomic mass is 16.4. The average Bonchev–Trinajstić information content (AvgIpc) is 3.15. The number of hydrogen-bond donors (Lipinski definition) is 2. The smallest absolute Gasteiger partial charge is 0.305 e.